The molecule has 0 aliphatic carbocycles. The van der Waals surface area contributed by atoms with Gasteiger partial charge in [0.15, 0.2) is 5.76 Å². The summed E-state index contributed by atoms with van der Waals surface area (Å²) in [6.45, 7) is 4.96. The van der Waals surface area contributed by atoms with Crippen LogP contribution in [0.2, 0.25) is 0 Å². The molecular formula is C17H19NO5. The number of carboxylic acids is 1. The van der Waals surface area contributed by atoms with E-state index < -0.39 is 11.9 Å². The maximum absolute atomic E-state index is 12.0. The molecule has 0 bridgehead atoms. The summed E-state index contributed by atoms with van der Waals surface area (Å²) in [6.07, 6.45) is 0. The Hall–Kier alpha value is -2.76. The summed E-state index contributed by atoms with van der Waals surface area (Å²) in [5.74, 6) is -0.881. The lowest BCUT2D eigenvalue weighted by Gasteiger charge is -2.13. The van der Waals surface area contributed by atoms with Crippen LogP contribution in [0.25, 0.3) is 0 Å². The van der Waals surface area contributed by atoms with Crippen LogP contribution < -0.4 is 10.1 Å². The van der Waals surface area contributed by atoms with E-state index in [9.17, 15) is 9.59 Å². The van der Waals surface area contributed by atoms with Crippen molar-refractivity contribution in [2.75, 3.05) is 6.61 Å². The van der Waals surface area contributed by atoms with Crippen molar-refractivity contribution in [1.29, 1.82) is 0 Å². The van der Waals surface area contributed by atoms with E-state index in [2.05, 4.69) is 19.2 Å². The smallest absolute Gasteiger partial charge is 0.371 e. The zero-order valence-electron chi connectivity index (χ0n) is 13.0. The molecule has 1 amide bonds. The SMILES string of the molecule is CC(C)COc1ccccc1CNC(=O)c1ccc(C(=O)O)o1. The molecule has 0 radical (unpaired) electrons. The van der Waals surface area contributed by atoms with Gasteiger partial charge in [-0.1, -0.05) is 32.0 Å². The molecule has 0 saturated carbocycles. The number of para-hydroxylation sites is 1. The molecule has 0 aliphatic rings. The first-order valence-corrected chi connectivity index (χ1v) is 7.29. The second-order valence-electron chi connectivity index (χ2n) is 5.46. The number of nitrogens with one attached hydrogen (secondary N) is 1. The minimum absolute atomic E-state index is 0.0389. The number of rotatable bonds is 7. The van der Waals surface area contributed by atoms with E-state index in [1.165, 1.54) is 12.1 Å². The van der Waals surface area contributed by atoms with Crippen LogP contribution in [0.3, 0.4) is 0 Å². The van der Waals surface area contributed by atoms with Crippen LogP contribution in [0.5, 0.6) is 5.75 Å². The first kappa shape index (κ1) is 16.6. The molecule has 122 valence electrons. The van der Waals surface area contributed by atoms with Crippen molar-refractivity contribution in [3.63, 3.8) is 0 Å². The molecule has 1 aromatic carbocycles. The van der Waals surface area contributed by atoms with Gasteiger partial charge in [0.05, 0.1) is 6.61 Å². The fourth-order valence-electron chi connectivity index (χ4n) is 1.88. The van der Waals surface area contributed by atoms with Crippen molar-refractivity contribution in [3.05, 3.63) is 53.5 Å². The van der Waals surface area contributed by atoms with Crippen molar-refractivity contribution in [2.45, 2.75) is 20.4 Å². The Morgan fingerprint density at radius 2 is 1.87 bits per heavy atom. The molecule has 2 N–H and O–H groups in total. The number of carbonyl (C=O) groups excluding carboxylic acids is 1. The van der Waals surface area contributed by atoms with Crippen LogP contribution in [-0.4, -0.2) is 23.6 Å². The summed E-state index contributed by atoms with van der Waals surface area (Å²) in [4.78, 5) is 22.7. The number of aromatic carboxylic acids is 1. The summed E-state index contributed by atoms with van der Waals surface area (Å²) < 4.78 is 10.7. The molecule has 0 atom stereocenters. The lowest BCUT2D eigenvalue weighted by atomic mass is 10.2. The van der Waals surface area contributed by atoms with Crippen molar-refractivity contribution in [1.82, 2.24) is 5.32 Å². The predicted molar refractivity (Wildman–Crippen MR) is 83.6 cm³/mol. The van der Waals surface area contributed by atoms with E-state index in [0.717, 1.165) is 5.56 Å². The Morgan fingerprint density at radius 1 is 1.17 bits per heavy atom. The summed E-state index contributed by atoms with van der Waals surface area (Å²) >= 11 is 0. The van der Waals surface area contributed by atoms with Crippen LogP contribution in [0.1, 0.15) is 40.5 Å². The van der Waals surface area contributed by atoms with Crippen molar-refractivity contribution in [3.8, 4) is 5.75 Å². The highest BCUT2D eigenvalue weighted by atomic mass is 16.5. The number of benzene rings is 1. The van der Waals surface area contributed by atoms with Crippen LogP contribution >= 0.6 is 0 Å². The zero-order chi connectivity index (χ0) is 16.8. The average Bonchev–Trinajstić information content (AvgIpc) is 3.01. The van der Waals surface area contributed by atoms with Gasteiger partial charge < -0.3 is 19.6 Å². The van der Waals surface area contributed by atoms with Crippen LogP contribution in [0.4, 0.5) is 0 Å². The van der Waals surface area contributed by atoms with E-state index in [-0.39, 0.29) is 18.1 Å². The molecular weight excluding hydrogens is 298 g/mol. The Balaban J connectivity index is 1.99. The summed E-state index contributed by atoms with van der Waals surface area (Å²) in [5.41, 5.74) is 0.839. The molecule has 0 aliphatic heterocycles. The highest BCUT2D eigenvalue weighted by molar-refractivity contribution is 5.93. The van der Waals surface area contributed by atoms with Gasteiger partial charge >= 0.3 is 5.97 Å². The van der Waals surface area contributed by atoms with Gasteiger partial charge in [0.2, 0.25) is 5.76 Å². The lowest BCUT2D eigenvalue weighted by molar-refractivity contribution is 0.0659. The molecule has 1 aromatic heterocycles. The third kappa shape index (κ3) is 4.60. The summed E-state index contributed by atoms with van der Waals surface area (Å²) in [5, 5.41) is 11.5. The Morgan fingerprint density at radius 3 is 2.52 bits per heavy atom. The Kier molecular flexibility index (Phi) is 5.41. The van der Waals surface area contributed by atoms with Crippen LogP contribution in [0, 0.1) is 5.92 Å². The van der Waals surface area contributed by atoms with E-state index >= 15 is 0 Å². The van der Waals surface area contributed by atoms with Gasteiger partial charge in [0, 0.05) is 12.1 Å². The number of carbonyl (C=O) groups is 2. The number of hydrogen-bond donors (Lipinski definition) is 2. The fraction of sp³-hybridized carbons (Fsp3) is 0.294. The quantitative estimate of drug-likeness (QED) is 0.819. The first-order chi connectivity index (χ1) is 11.0. The average molecular weight is 317 g/mol. The number of carboxylic acid groups (broad SMARTS) is 1. The molecule has 2 rings (SSSR count). The van der Waals surface area contributed by atoms with Gasteiger partial charge in [-0.15, -0.1) is 0 Å². The van der Waals surface area contributed by atoms with Crippen molar-refractivity contribution >= 4 is 11.9 Å². The number of ether oxygens (including phenoxy) is 1. The minimum Gasteiger partial charge on any atom is -0.493 e. The molecule has 6 nitrogen and oxygen atoms in total. The van der Waals surface area contributed by atoms with Gasteiger partial charge in [-0.3, -0.25) is 4.79 Å². The number of amides is 1. The molecule has 23 heavy (non-hydrogen) atoms. The van der Waals surface area contributed by atoms with E-state index in [1.54, 1.807) is 0 Å². The molecule has 0 saturated heterocycles. The van der Waals surface area contributed by atoms with Crippen LogP contribution in [0.15, 0.2) is 40.8 Å². The standard InChI is InChI=1S/C17H19NO5/c1-11(2)10-22-13-6-4-3-5-12(13)9-18-16(19)14-7-8-15(23-14)17(20)21/h3-8,11H,9-10H2,1-2H3,(H,18,19)(H,20,21). The van der Waals surface area contributed by atoms with Crippen molar-refractivity contribution < 1.29 is 23.8 Å². The molecule has 1 heterocycles. The van der Waals surface area contributed by atoms with Gasteiger partial charge in [-0.25, -0.2) is 4.79 Å². The van der Waals surface area contributed by atoms with Crippen molar-refractivity contribution in [2.24, 2.45) is 5.92 Å². The van der Waals surface area contributed by atoms with Gasteiger partial charge in [0.1, 0.15) is 5.75 Å². The Labute approximate surface area is 134 Å². The summed E-state index contributed by atoms with van der Waals surface area (Å²) in [6, 6.07) is 10.0. The number of furan rings is 1. The highest BCUT2D eigenvalue weighted by Crippen LogP contribution is 2.19. The van der Waals surface area contributed by atoms with Gasteiger partial charge in [-0.05, 0) is 24.1 Å². The fourth-order valence-corrected chi connectivity index (χ4v) is 1.88. The third-order valence-corrected chi connectivity index (χ3v) is 3.02. The Bertz CT molecular complexity index is 690. The monoisotopic (exact) mass is 317 g/mol. The van der Waals surface area contributed by atoms with E-state index in [0.29, 0.717) is 18.3 Å². The maximum Gasteiger partial charge on any atom is 0.371 e. The van der Waals surface area contributed by atoms with Crippen LogP contribution in [-0.2, 0) is 6.54 Å². The topological polar surface area (TPSA) is 88.8 Å². The predicted octanol–water partition coefficient (Wildman–Crippen LogP) is 2.94. The summed E-state index contributed by atoms with van der Waals surface area (Å²) in [7, 11) is 0. The minimum atomic E-state index is -1.21. The molecule has 6 heteroatoms. The normalized spacial score (nSPS) is 10.6. The molecule has 2 aromatic rings. The maximum atomic E-state index is 12.0. The van der Waals surface area contributed by atoms with E-state index in [4.69, 9.17) is 14.3 Å². The van der Waals surface area contributed by atoms with Gasteiger partial charge in [-0.2, -0.15) is 0 Å². The second-order valence-corrected chi connectivity index (χ2v) is 5.46. The van der Waals surface area contributed by atoms with E-state index in [1.807, 2.05) is 24.3 Å². The highest BCUT2D eigenvalue weighted by Gasteiger charge is 2.15. The molecule has 0 unspecified atom stereocenters. The molecule has 0 spiro atoms. The first-order valence-electron chi connectivity index (χ1n) is 7.29. The second kappa shape index (κ2) is 7.49. The zero-order valence-corrected chi connectivity index (χ0v) is 13.0. The lowest BCUT2D eigenvalue weighted by Crippen LogP contribution is -2.22. The van der Waals surface area contributed by atoms with Gasteiger partial charge in [0.25, 0.3) is 5.91 Å². The largest absolute Gasteiger partial charge is 0.493 e. The number of hydrogen-bond acceptors (Lipinski definition) is 4. The molecule has 0 fully saturated rings. The third-order valence-electron chi connectivity index (χ3n) is 3.02.